The lowest BCUT2D eigenvalue weighted by molar-refractivity contribution is -0.146. The molecule has 3 aliphatic rings. The Bertz CT molecular complexity index is 1450. The van der Waals surface area contributed by atoms with Crippen molar-refractivity contribution in [3.05, 3.63) is 64.7 Å². The first-order valence-corrected chi connectivity index (χ1v) is 17.8. The Morgan fingerprint density at radius 1 is 1.02 bits per heavy atom. The van der Waals surface area contributed by atoms with Crippen LogP contribution in [0.2, 0.25) is 0 Å². The van der Waals surface area contributed by atoms with Crippen molar-refractivity contribution in [2.24, 2.45) is 11.8 Å². The van der Waals surface area contributed by atoms with E-state index in [1.165, 1.54) is 23.1 Å². The van der Waals surface area contributed by atoms with Crippen LogP contribution in [0.15, 0.2) is 42.5 Å². The van der Waals surface area contributed by atoms with E-state index >= 15 is 4.39 Å². The van der Waals surface area contributed by atoms with Crippen LogP contribution < -0.4 is 0 Å². The van der Waals surface area contributed by atoms with Gasteiger partial charge in [0.05, 0.1) is 24.1 Å². The van der Waals surface area contributed by atoms with Gasteiger partial charge < -0.3 is 20.2 Å². The number of carboxylic acid groups (broad SMARTS) is 1. The third-order valence-electron chi connectivity index (χ3n) is 11.3. The molecule has 0 aromatic heterocycles. The van der Waals surface area contributed by atoms with E-state index < -0.39 is 59.7 Å². The minimum absolute atomic E-state index is 0.0391. The third-order valence-corrected chi connectivity index (χ3v) is 11.3. The number of aromatic hydroxyl groups is 1. The monoisotopic (exact) mass is 690 g/mol. The predicted octanol–water partition coefficient (Wildman–Crippen LogP) is 7.30. The molecule has 1 amide bonds. The number of carbonyl (C=O) groups is 2. The van der Waals surface area contributed by atoms with Crippen LogP contribution in [0.3, 0.4) is 0 Å². The number of aliphatic hydroxyl groups is 1. The molecule has 6 atom stereocenters. The first-order valence-electron chi connectivity index (χ1n) is 17.8. The van der Waals surface area contributed by atoms with Gasteiger partial charge in [0.2, 0.25) is 5.67 Å². The van der Waals surface area contributed by atoms with Gasteiger partial charge in [-0.05, 0) is 91.8 Å². The summed E-state index contributed by atoms with van der Waals surface area (Å²) in [6.45, 7) is 3.74. The summed E-state index contributed by atoms with van der Waals surface area (Å²) in [7, 11) is 0. The van der Waals surface area contributed by atoms with E-state index in [0.29, 0.717) is 42.5 Å². The van der Waals surface area contributed by atoms with Gasteiger partial charge in [-0.2, -0.15) is 13.2 Å². The summed E-state index contributed by atoms with van der Waals surface area (Å²) in [5, 5.41) is 29.9. The average molecular weight is 691 g/mol. The molecular weight excluding hydrogens is 640 g/mol. The summed E-state index contributed by atoms with van der Waals surface area (Å²) in [5.41, 5.74) is -1.35. The largest absolute Gasteiger partial charge is 0.508 e. The maximum absolute atomic E-state index is 17.5. The van der Waals surface area contributed by atoms with E-state index in [1.54, 1.807) is 12.1 Å². The van der Waals surface area contributed by atoms with Crippen molar-refractivity contribution >= 4 is 11.9 Å². The van der Waals surface area contributed by atoms with E-state index in [9.17, 15) is 38.1 Å². The molecular formula is C38H50F4N2O5. The molecule has 5 rings (SSSR count). The lowest BCUT2D eigenvalue weighted by Crippen LogP contribution is -2.53. The van der Waals surface area contributed by atoms with Gasteiger partial charge >= 0.3 is 12.1 Å². The fraction of sp³-hybridized carbons (Fsp3) is 0.632. The molecule has 2 unspecified atom stereocenters. The average Bonchev–Trinajstić information content (AvgIpc) is 3.82. The SMILES string of the molecule is CCCC(CCC(C)Cc1cc(C(F)(F)F)ccc1[C@@H]1C[C@@H](CO)N(C(=O)[C@]2(F)CN(C3CCCC3)C[C@H]2c2ccc(O)cc2)C1)C(=O)O. The van der Waals surface area contributed by atoms with Crippen LogP contribution in [0, 0.1) is 11.8 Å². The van der Waals surface area contributed by atoms with Crippen LogP contribution in [-0.4, -0.2) is 81.0 Å². The van der Waals surface area contributed by atoms with Crippen molar-refractivity contribution in [1.82, 2.24) is 9.80 Å². The highest BCUT2D eigenvalue weighted by molar-refractivity contribution is 5.88. The van der Waals surface area contributed by atoms with Crippen LogP contribution in [0.1, 0.15) is 106 Å². The summed E-state index contributed by atoms with van der Waals surface area (Å²) >= 11 is 0. The number of aliphatic hydroxyl groups excluding tert-OH is 1. The molecule has 2 aromatic rings. The summed E-state index contributed by atoms with van der Waals surface area (Å²) in [6, 6.07) is 9.38. The Labute approximate surface area is 286 Å². The summed E-state index contributed by atoms with van der Waals surface area (Å²) < 4.78 is 59.1. The minimum Gasteiger partial charge on any atom is -0.508 e. The van der Waals surface area contributed by atoms with Gasteiger partial charge in [-0.1, -0.05) is 51.3 Å². The highest BCUT2D eigenvalue weighted by Gasteiger charge is 2.58. The van der Waals surface area contributed by atoms with E-state index in [4.69, 9.17) is 0 Å². The number of alkyl halides is 4. The first-order chi connectivity index (χ1) is 23.2. The zero-order valence-electron chi connectivity index (χ0n) is 28.5. The quantitative estimate of drug-likeness (QED) is 0.191. The number of halogens is 4. The number of rotatable bonds is 13. The molecule has 11 heteroatoms. The topological polar surface area (TPSA) is 101 Å². The van der Waals surface area contributed by atoms with Crippen LogP contribution in [-0.2, 0) is 22.2 Å². The van der Waals surface area contributed by atoms with Crippen LogP contribution in [0.5, 0.6) is 5.75 Å². The lowest BCUT2D eigenvalue weighted by Gasteiger charge is -2.33. The molecule has 3 fully saturated rings. The van der Waals surface area contributed by atoms with Gasteiger partial charge in [0, 0.05) is 37.5 Å². The second-order valence-corrected chi connectivity index (χ2v) is 14.7. The normalized spacial score (nSPS) is 26.3. The van der Waals surface area contributed by atoms with Crippen molar-refractivity contribution in [2.75, 3.05) is 26.2 Å². The molecule has 1 aliphatic carbocycles. The van der Waals surface area contributed by atoms with Crippen molar-refractivity contribution in [1.29, 1.82) is 0 Å². The second-order valence-electron chi connectivity index (χ2n) is 14.7. The Balaban J connectivity index is 1.41. The first kappa shape index (κ1) is 37.1. The molecule has 0 radical (unpaired) electrons. The molecule has 2 saturated heterocycles. The second kappa shape index (κ2) is 15.4. The molecule has 2 heterocycles. The number of aliphatic carboxylic acids is 1. The highest BCUT2D eigenvalue weighted by atomic mass is 19.4. The van der Waals surface area contributed by atoms with E-state index in [2.05, 4.69) is 4.90 Å². The van der Waals surface area contributed by atoms with Crippen molar-refractivity contribution in [3.8, 4) is 5.75 Å². The molecule has 49 heavy (non-hydrogen) atoms. The summed E-state index contributed by atoms with van der Waals surface area (Å²) in [6.07, 6.45) is 2.18. The van der Waals surface area contributed by atoms with Gasteiger partial charge in [-0.15, -0.1) is 0 Å². The molecule has 2 aliphatic heterocycles. The molecule has 270 valence electrons. The summed E-state index contributed by atoms with van der Waals surface area (Å²) in [4.78, 5) is 29.6. The Morgan fingerprint density at radius 3 is 2.33 bits per heavy atom. The Morgan fingerprint density at radius 2 is 1.71 bits per heavy atom. The standard InChI is InChI=1S/C38H50F4N2O5/c1-3-6-26(35(47)48)10-9-24(2)17-27-18-29(38(40,41)42)13-16-33(27)28-19-31(22-45)44(20-28)36(49)37(39)23-43(30-7-4-5-8-30)21-34(37)25-11-14-32(46)15-12-25/h11-16,18,24,26,28,30-31,34,45-46H,3-10,17,19-23H2,1-2H3,(H,47,48)/t24?,26?,28-,31+,34+,37+/m1/s1. The number of hydrogen-bond acceptors (Lipinski definition) is 5. The zero-order valence-corrected chi connectivity index (χ0v) is 28.5. The highest BCUT2D eigenvalue weighted by Crippen LogP contribution is 2.46. The summed E-state index contributed by atoms with van der Waals surface area (Å²) in [5.74, 6) is -3.36. The van der Waals surface area contributed by atoms with Crippen LogP contribution in [0.4, 0.5) is 17.6 Å². The van der Waals surface area contributed by atoms with E-state index in [1.807, 2.05) is 13.8 Å². The zero-order chi connectivity index (χ0) is 35.5. The fourth-order valence-electron chi connectivity index (χ4n) is 8.55. The van der Waals surface area contributed by atoms with Gasteiger partial charge in [-0.25, -0.2) is 4.39 Å². The smallest absolute Gasteiger partial charge is 0.416 e. The predicted molar refractivity (Wildman–Crippen MR) is 178 cm³/mol. The number of carbonyl (C=O) groups excluding carboxylic acids is 1. The molecule has 7 nitrogen and oxygen atoms in total. The van der Waals surface area contributed by atoms with Gasteiger partial charge in [0.15, 0.2) is 0 Å². The number of phenols is 1. The van der Waals surface area contributed by atoms with Crippen molar-refractivity contribution < 1.29 is 42.5 Å². The maximum atomic E-state index is 17.5. The molecule has 0 bridgehead atoms. The molecule has 2 aromatic carbocycles. The maximum Gasteiger partial charge on any atom is 0.416 e. The number of phenolic OH excluding ortho intramolecular Hbond substituents is 1. The Hall–Kier alpha value is -3.18. The number of nitrogens with zero attached hydrogens (tertiary/aromatic N) is 2. The number of carboxylic acids is 1. The number of amides is 1. The van der Waals surface area contributed by atoms with Crippen molar-refractivity contribution in [3.63, 3.8) is 0 Å². The van der Waals surface area contributed by atoms with Gasteiger partial charge in [0.1, 0.15) is 5.75 Å². The Kier molecular flexibility index (Phi) is 11.6. The fourth-order valence-corrected chi connectivity index (χ4v) is 8.55. The van der Waals surface area contributed by atoms with E-state index in [-0.39, 0.29) is 43.6 Å². The third kappa shape index (κ3) is 8.25. The number of benzene rings is 2. The minimum atomic E-state index is -4.56. The van der Waals surface area contributed by atoms with Crippen LogP contribution >= 0.6 is 0 Å². The number of hydrogen-bond donors (Lipinski definition) is 3. The molecule has 0 spiro atoms. The van der Waals surface area contributed by atoms with Gasteiger partial charge in [0.25, 0.3) is 5.91 Å². The van der Waals surface area contributed by atoms with Crippen molar-refractivity contribution in [2.45, 2.75) is 114 Å². The van der Waals surface area contributed by atoms with Gasteiger partial charge in [-0.3, -0.25) is 14.5 Å². The number of likely N-dealkylation sites (tertiary alicyclic amines) is 2. The molecule has 3 N–H and O–H groups in total. The van der Waals surface area contributed by atoms with Crippen LogP contribution in [0.25, 0.3) is 0 Å². The molecule has 1 saturated carbocycles. The van der Waals surface area contributed by atoms with E-state index in [0.717, 1.165) is 44.2 Å². The lowest BCUT2D eigenvalue weighted by atomic mass is 9.84.